The summed E-state index contributed by atoms with van der Waals surface area (Å²) < 4.78 is 1.09. The summed E-state index contributed by atoms with van der Waals surface area (Å²) in [4.78, 5) is 5.10. The molecule has 2 aliphatic heterocycles. The van der Waals surface area contributed by atoms with E-state index in [4.69, 9.17) is 0 Å². The summed E-state index contributed by atoms with van der Waals surface area (Å²) in [5.41, 5.74) is 2.23. The van der Waals surface area contributed by atoms with Gasteiger partial charge in [0.2, 0.25) is 0 Å². The van der Waals surface area contributed by atoms with Crippen LogP contribution in [-0.2, 0) is 0 Å². The molecule has 2 fully saturated rings. The summed E-state index contributed by atoms with van der Waals surface area (Å²) in [6.45, 7) is 6.42. The molecule has 2 heterocycles. The molecule has 20 heavy (non-hydrogen) atoms. The average Bonchev–Trinajstić information content (AvgIpc) is 2.46. The Labute approximate surface area is 129 Å². The van der Waals surface area contributed by atoms with Gasteiger partial charge in [0.25, 0.3) is 0 Å². The molecular weight excluding hydrogens is 316 g/mol. The smallest absolute Gasteiger partial charge is 0.0782 e. The number of rotatable bonds is 2. The highest BCUT2D eigenvalue weighted by atomic mass is 79.9. The Kier molecular flexibility index (Phi) is 4.34. The van der Waals surface area contributed by atoms with E-state index in [1.807, 2.05) is 19.1 Å². The Morgan fingerprint density at radius 3 is 2.90 bits per heavy atom. The zero-order chi connectivity index (χ0) is 14.1. The number of piperidine rings is 1. The Bertz CT molecular complexity index is 478. The van der Waals surface area contributed by atoms with Crippen molar-refractivity contribution in [2.75, 3.05) is 31.1 Å². The molecule has 0 amide bonds. The summed E-state index contributed by atoms with van der Waals surface area (Å²) in [7, 11) is 0. The van der Waals surface area contributed by atoms with Crippen LogP contribution in [0, 0.1) is 0 Å². The van der Waals surface area contributed by atoms with E-state index in [9.17, 15) is 5.11 Å². The summed E-state index contributed by atoms with van der Waals surface area (Å²) in [5.74, 6) is 0. The molecule has 2 aliphatic rings. The second-order valence-electron chi connectivity index (χ2n) is 6.01. The molecular formula is C16H23BrN2O. The Morgan fingerprint density at radius 1 is 1.25 bits per heavy atom. The van der Waals surface area contributed by atoms with Crippen molar-refractivity contribution in [3.63, 3.8) is 0 Å². The second-order valence-corrected chi connectivity index (χ2v) is 6.93. The maximum absolute atomic E-state index is 10.0. The third-order valence-corrected chi connectivity index (χ3v) is 5.11. The quantitative estimate of drug-likeness (QED) is 0.897. The fourth-order valence-corrected chi connectivity index (χ4v) is 3.87. The first-order chi connectivity index (χ1) is 9.65. The van der Waals surface area contributed by atoms with Crippen LogP contribution in [0.1, 0.15) is 37.9 Å². The maximum atomic E-state index is 10.0. The van der Waals surface area contributed by atoms with Crippen LogP contribution in [-0.4, -0.2) is 42.2 Å². The normalized spacial score (nSPS) is 25.4. The average molecular weight is 339 g/mol. The van der Waals surface area contributed by atoms with Crippen molar-refractivity contribution in [1.82, 2.24) is 4.90 Å². The Balaban J connectivity index is 1.84. The van der Waals surface area contributed by atoms with Crippen LogP contribution in [0.5, 0.6) is 0 Å². The van der Waals surface area contributed by atoms with Crippen molar-refractivity contribution < 1.29 is 5.11 Å². The molecule has 0 radical (unpaired) electrons. The molecule has 1 aromatic rings. The zero-order valence-corrected chi connectivity index (χ0v) is 13.6. The number of fused-ring (bicyclic) bond motifs is 1. The molecule has 1 N–H and O–H groups in total. The molecule has 0 aromatic heterocycles. The van der Waals surface area contributed by atoms with E-state index >= 15 is 0 Å². The summed E-state index contributed by atoms with van der Waals surface area (Å²) in [5, 5.41) is 10.0. The largest absolute Gasteiger partial charge is 0.389 e. The first kappa shape index (κ1) is 14.4. The molecule has 1 aromatic carbocycles. The topological polar surface area (TPSA) is 26.7 Å². The molecule has 2 saturated heterocycles. The van der Waals surface area contributed by atoms with Crippen LogP contribution in [0.2, 0.25) is 0 Å². The number of hydrogen-bond donors (Lipinski definition) is 1. The standard InChI is InChI=1S/C16H23BrN2O/c1-12(20)15-6-5-13(17)10-16(15)19-9-8-18-7-3-2-4-14(18)11-19/h5-6,10,12,14,20H,2-4,7-9,11H2,1H3. The van der Waals surface area contributed by atoms with Gasteiger partial charge in [0, 0.05) is 41.4 Å². The SMILES string of the molecule is CC(O)c1ccc(Br)cc1N1CCN2CCCCC2C1. The lowest BCUT2D eigenvalue weighted by molar-refractivity contribution is 0.133. The van der Waals surface area contributed by atoms with E-state index in [2.05, 4.69) is 31.8 Å². The van der Waals surface area contributed by atoms with Crippen molar-refractivity contribution in [2.45, 2.75) is 38.3 Å². The fraction of sp³-hybridized carbons (Fsp3) is 0.625. The monoisotopic (exact) mass is 338 g/mol. The minimum Gasteiger partial charge on any atom is -0.389 e. The van der Waals surface area contributed by atoms with E-state index < -0.39 is 6.10 Å². The van der Waals surface area contributed by atoms with Crippen LogP contribution in [0.3, 0.4) is 0 Å². The van der Waals surface area contributed by atoms with Crippen LogP contribution >= 0.6 is 15.9 Å². The summed E-state index contributed by atoms with van der Waals surface area (Å²) in [6.07, 6.45) is 3.61. The van der Waals surface area contributed by atoms with Crippen molar-refractivity contribution in [2.24, 2.45) is 0 Å². The number of piperazine rings is 1. The molecule has 4 heteroatoms. The van der Waals surface area contributed by atoms with Crippen molar-refractivity contribution in [3.8, 4) is 0 Å². The predicted molar refractivity (Wildman–Crippen MR) is 86.2 cm³/mol. The van der Waals surface area contributed by atoms with Crippen LogP contribution < -0.4 is 4.90 Å². The second kappa shape index (κ2) is 6.04. The fourth-order valence-electron chi connectivity index (χ4n) is 3.52. The van der Waals surface area contributed by atoms with Crippen molar-refractivity contribution in [1.29, 1.82) is 0 Å². The van der Waals surface area contributed by atoms with E-state index in [-0.39, 0.29) is 0 Å². The highest BCUT2D eigenvalue weighted by molar-refractivity contribution is 9.10. The van der Waals surface area contributed by atoms with E-state index in [0.717, 1.165) is 29.7 Å². The minimum atomic E-state index is -0.414. The first-order valence-corrected chi connectivity index (χ1v) is 8.41. The molecule has 2 atom stereocenters. The Morgan fingerprint density at radius 2 is 2.10 bits per heavy atom. The van der Waals surface area contributed by atoms with Crippen molar-refractivity contribution >= 4 is 21.6 Å². The third kappa shape index (κ3) is 2.87. The zero-order valence-electron chi connectivity index (χ0n) is 12.1. The maximum Gasteiger partial charge on any atom is 0.0782 e. The van der Waals surface area contributed by atoms with Crippen LogP contribution in [0.15, 0.2) is 22.7 Å². The van der Waals surface area contributed by atoms with Gasteiger partial charge in [-0.05, 0) is 38.4 Å². The van der Waals surface area contributed by atoms with Gasteiger partial charge in [-0.1, -0.05) is 28.4 Å². The van der Waals surface area contributed by atoms with Gasteiger partial charge in [0.1, 0.15) is 0 Å². The molecule has 3 nitrogen and oxygen atoms in total. The number of aliphatic hydroxyl groups is 1. The molecule has 0 saturated carbocycles. The number of benzene rings is 1. The lowest BCUT2D eigenvalue weighted by Crippen LogP contribution is -2.55. The van der Waals surface area contributed by atoms with Gasteiger partial charge in [-0.3, -0.25) is 4.90 Å². The highest BCUT2D eigenvalue weighted by Gasteiger charge is 2.30. The number of halogens is 1. The Hall–Kier alpha value is -0.580. The molecule has 0 aliphatic carbocycles. The van der Waals surface area contributed by atoms with Gasteiger partial charge in [-0.25, -0.2) is 0 Å². The first-order valence-electron chi connectivity index (χ1n) is 7.61. The third-order valence-electron chi connectivity index (χ3n) is 4.62. The summed E-state index contributed by atoms with van der Waals surface area (Å²) >= 11 is 3.56. The number of anilines is 1. The van der Waals surface area contributed by atoms with Crippen LogP contribution in [0.4, 0.5) is 5.69 Å². The van der Waals surface area contributed by atoms with Gasteiger partial charge >= 0.3 is 0 Å². The van der Waals surface area contributed by atoms with E-state index in [0.29, 0.717) is 6.04 Å². The lowest BCUT2D eigenvalue weighted by atomic mass is 9.98. The molecule has 110 valence electrons. The molecule has 0 bridgehead atoms. The van der Waals surface area contributed by atoms with Gasteiger partial charge in [-0.15, -0.1) is 0 Å². The summed E-state index contributed by atoms with van der Waals surface area (Å²) in [6, 6.07) is 6.90. The van der Waals surface area contributed by atoms with Gasteiger partial charge in [0.05, 0.1) is 6.10 Å². The molecule has 2 unspecified atom stereocenters. The molecule has 3 rings (SSSR count). The number of nitrogens with zero attached hydrogens (tertiary/aromatic N) is 2. The molecule has 0 spiro atoms. The number of hydrogen-bond acceptors (Lipinski definition) is 3. The van der Waals surface area contributed by atoms with E-state index in [1.165, 1.54) is 31.5 Å². The van der Waals surface area contributed by atoms with E-state index in [1.54, 1.807) is 0 Å². The predicted octanol–water partition coefficient (Wildman–Crippen LogP) is 3.18. The number of aliphatic hydroxyl groups excluding tert-OH is 1. The van der Waals surface area contributed by atoms with Crippen molar-refractivity contribution in [3.05, 3.63) is 28.2 Å². The van der Waals surface area contributed by atoms with Gasteiger partial charge < -0.3 is 10.0 Å². The lowest BCUT2D eigenvalue weighted by Gasteiger charge is -2.45. The minimum absolute atomic E-state index is 0.414. The van der Waals surface area contributed by atoms with Crippen LogP contribution in [0.25, 0.3) is 0 Å². The van der Waals surface area contributed by atoms with Gasteiger partial charge in [-0.2, -0.15) is 0 Å². The van der Waals surface area contributed by atoms with Gasteiger partial charge in [0.15, 0.2) is 0 Å². The highest BCUT2D eigenvalue weighted by Crippen LogP contribution is 2.32.